The molecule has 0 N–H and O–H groups in total. The molecule has 0 amide bonds. The standard InChI is InChI=1S/C9H9NS.H2S2/c1-8-2-4-9(5-3-8)11-7-6-10;1-2/h2-5H,7H2,1H3;1-2H. The normalized spacial score (nSPS) is 8.15. The topological polar surface area (TPSA) is 23.8 Å². The number of hydrogen-bond acceptors (Lipinski definition) is 4. The minimum absolute atomic E-state index is 0.531. The van der Waals surface area contributed by atoms with Crippen molar-refractivity contribution in [3.8, 4) is 6.07 Å². The van der Waals surface area contributed by atoms with Crippen molar-refractivity contribution < 1.29 is 0 Å². The van der Waals surface area contributed by atoms with E-state index in [4.69, 9.17) is 5.26 Å². The first-order valence-electron chi connectivity index (χ1n) is 3.59. The van der Waals surface area contributed by atoms with Crippen molar-refractivity contribution in [3.63, 3.8) is 0 Å². The van der Waals surface area contributed by atoms with Crippen molar-refractivity contribution >= 4 is 35.1 Å². The summed E-state index contributed by atoms with van der Waals surface area (Å²) in [4.78, 5) is 1.16. The Kier molecular flexibility index (Phi) is 8.21. The summed E-state index contributed by atoms with van der Waals surface area (Å²) in [6.45, 7) is 2.05. The van der Waals surface area contributed by atoms with Gasteiger partial charge in [-0.05, 0) is 19.1 Å². The molecule has 4 heteroatoms. The fourth-order valence-corrected chi connectivity index (χ4v) is 1.31. The largest absolute Gasteiger partial charge is 0.197 e. The third-order valence-electron chi connectivity index (χ3n) is 1.32. The molecule has 0 fully saturated rings. The molecule has 0 saturated carbocycles. The molecule has 0 aromatic heterocycles. The summed E-state index contributed by atoms with van der Waals surface area (Å²) in [7, 11) is 0. The lowest BCUT2D eigenvalue weighted by atomic mass is 10.2. The SMILES string of the molecule is Cc1ccc(SCC#N)cc1.SS. The fraction of sp³-hybridized carbons (Fsp3) is 0.222. The molecule has 0 saturated heterocycles. The van der Waals surface area contributed by atoms with E-state index in [1.165, 1.54) is 5.56 Å². The Morgan fingerprint density at radius 3 is 2.31 bits per heavy atom. The van der Waals surface area contributed by atoms with Crippen molar-refractivity contribution in [1.82, 2.24) is 0 Å². The van der Waals surface area contributed by atoms with Crippen LogP contribution in [0, 0.1) is 18.3 Å². The lowest BCUT2D eigenvalue weighted by Crippen LogP contribution is -1.74. The first-order chi connectivity index (χ1) is 6.33. The van der Waals surface area contributed by atoms with Gasteiger partial charge in [0, 0.05) is 4.90 Å². The van der Waals surface area contributed by atoms with Crippen molar-refractivity contribution in [3.05, 3.63) is 29.8 Å². The van der Waals surface area contributed by atoms with Crippen LogP contribution in [0.15, 0.2) is 29.2 Å². The number of thioether (sulfide) groups is 1. The van der Waals surface area contributed by atoms with Crippen LogP contribution in [0.4, 0.5) is 0 Å². The predicted octanol–water partition coefficient (Wildman–Crippen LogP) is 3.37. The molecule has 70 valence electrons. The Labute approximate surface area is 93.8 Å². The highest BCUT2D eigenvalue weighted by Gasteiger charge is 1.90. The Morgan fingerprint density at radius 2 is 1.85 bits per heavy atom. The van der Waals surface area contributed by atoms with Crippen molar-refractivity contribution in [2.75, 3.05) is 5.75 Å². The van der Waals surface area contributed by atoms with E-state index in [1.54, 1.807) is 11.8 Å². The third kappa shape index (κ3) is 5.92. The van der Waals surface area contributed by atoms with Gasteiger partial charge in [-0.1, -0.05) is 17.7 Å². The molecule has 0 spiro atoms. The first kappa shape index (κ1) is 12.8. The summed E-state index contributed by atoms with van der Waals surface area (Å²) in [5.41, 5.74) is 1.26. The summed E-state index contributed by atoms with van der Waals surface area (Å²) >= 11 is 8.01. The molecule has 1 aromatic rings. The number of benzene rings is 1. The number of nitriles is 1. The molecule has 0 radical (unpaired) electrons. The Bertz CT molecular complexity index is 263. The van der Waals surface area contributed by atoms with Crippen molar-refractivity contribution in [2.45, 2.75) is 11.8 Å². The van der Waals surface area contributed by atoms with E-state index < -0.39 is 0 Å². The highest BCUT2D eigenvalue weighted by Crippen LogP contribution is 2.16. The summed E-state index contributed by atoms with van der Waals surface area (Å²) in [5.74, 6) is 0.531. The van der Waals surface area contributed by atoms with Crippen LogP contribution in [0.3, 0.4) is 0 Å². The van der Waals surface area contributed by atoms with Crippen molar-refractivity contribution in [2.24, 2.45) is 0 Å². The summed E-state index contributed by atoms with van der Waals surface area (Å²) in [6.07, 6.45) is 0. The monoisotopic (exact) mass is 229 g/mol. The lowest BCUT2D eigenvalue weighted by Gasteiger charge is -1.96. The number of nitrogens with zero attached hydrogens (tertiary/aromatic N) is 1. The van der Waals surface area contributed by atoms with Crippen LogP contribution in [0.5, 0.6) is 0 Å². The molecule has 0 bridgehead atoms. The number of thiol groups is 2. The average Bonchev–Trinajstić information content (AvgIpc) is 2.20. The van der Waals surface area contributed by atoms with Gasteiger partial charge in [0.05, 0.1) is 11.8 Å². The molecular formula is C9H11NS3. The zero-order valence-electron chi connectivity index (χ0n) is 7.27. The van der Waals surface area contributed by atoms with Gasteiger partial charge in [0.25, 0.3) is 0 Å². The maximum Gasteiger partial charge on any atom is 0.0855 e. The Morgan fingerprint density at radius 1 is 1.31 bits per heavy atom. The summed E-state index contributed by atoms with van der Waals surface area (Å²) < 4.78 is 0. The van der Waals surface area contributed by atoms with E-state index in [2.05, 4.69) is 48.4 Å². The molecule has 0 aliphatic heterocycles. The maximum atomic E-state index is 8.31. The van der Waals surface area contributed by atoms with E-state index in [9.17, 15) is 0 Å². The third-order valence-corrected chi connectivity index (χ3v) is 2.20. The highest BCUT2D eigenvalue weighted by molar-refractivity contribution is 8.59. The van der Waals surface area contributed by atoms with Crippen LogP contribution in [-0.2, 0) is 0 Å². The number of hydrogen-bond donors (Lipinski definition) is 2. The molecule has 0 aliphatic rings. The average molecular weight is 229 g/mol. The fourth-order valence-electron chi connectivity index (χ4n) is 0.750. The van der Waals surface area contributed by atoms with Crippen LogP contribution in [0.2, 0.25) is 0 Å². The highest BCUT2D eigenvalue weighted by atomic mass is 33.1. The first-order valence-corrected chi connectivity index (χ1v) is 6.18. The molecule has 1 rings (SSSR count). The molecule has 0 aliphatic carbocycles. The molecular weight excluding hydrogens is 218 g/mol. The second kappa shape index (κ2) is 8.36. The maximum absolute atomic E-state index is 8.31. The minimum atomic E-state index is 0.531. The van der Waals surface area contributed by atoms with Gasteiger partial charge in [0.1, 0.15) is 0 Å². The van der Waals surface area contributed by atoms with Gasteiger partial charge in [0.15, 0.2) is 0 Å². The van der Waals surface area contributed by atoms with E-state index in [-0.39, 0.29) is 0 Å². The van der Waals surface area contributed by atoms with E-state index >= 15 is 0 Å². The molecule has 0 unspecified atom stereocenters. The Balaban J connectivity index is 0.000000671. The van der Waals surface area contributed by atoms with E-state index in [0.29, 0.717) is 5.75 Å². The van der Waals surface area contributed by atoms with Crippen LogP contribution >= 0.6 is 35.1 Å². The molecule has 13 heavy (non-hydrogen) atoms. The van der Waals surface area contributed by atoms with Gasteiger partial charge < -0.3 is 0 Å². The van der Waals surface area contributed by atoms with Crippen molar-refractivity contribution in [1.29, 1.82) is 5.26 Å². The van der Waals surface area contributed by atoms with Crippen LogP contribution in [0.25, 0.3) is 0 Å². The molecule has 0 heterocycles. The number of aryl methyl sites for hydroxylation is 1. The summed E-state index contributed by atoms with van der Waals surface area (Å²) in [6, 6.07) is 10.3. The quantitative estimate of drug-likeness (QED) is 0.461. The second-order valence-corrected chi connectivity index (χ2v) is 3.31. The van der Waals surface area contributed by atoms with Gasteiger partial charge in [-0.15, -0.1) is 35.1 Å². The van der Waals surface area contributed by atoms with Gasteiger partial charge >= 0.3 is 0 Å². The Hall–Kier alpha value is -0.240. The van der Waals surface area contributed by atoms with Crippen LogP contribution in [0.1, 0.15) is 5.56 Å². The van der Waals surface area contributed by atoms with Crippen LogP contribution in [-0.4, -0.2) is 5.75 Å². The van der Waals surface area contributed by atoms with Gasteiger partial charge in [-0.3, -0.25) is 0 Å². The molecule has 0 atom stereocenters. The second-order valence-electron chi connectivity index (χ2n) is 2.26. The minimum Gasteiger partial charge on any atom is -0.197 e. The molecule has 1 aromatic carbocycles. The lowest BCUT2D eigenvalue weighted by molar-refractivity contribution is 1.38. The van der Waals surface area contributed by atoms with Gasteiger partial charge in [0.2, 0.25) is 0 Å². The van der Waals surface area contributed by atoms with Crippen LogP contribution < -0.4 is 0 Å². The predicted molar refractivity (Wildman–Crippen MR) is 65.5 cm³/mol. The zero-order valence-corrected chi connectivity index (χ0v) is 9.87. The van der Waals surface area contributed by atoms with E-state index in [1.807, 2.05) is 12.1 Å². The van der Waals surface area contributed by atoms with E-state index in [0.717, 1.165) is 4.90 Å². The van der Waals surface area contributed by atoms with Gasteiger partial charge in [-0.25, -0.2) is 0 Å². The zero-order chi connectivity index (χ0) is 10.1. The smallest absolute Gasteiger partial charge is 0.0855 e. The van der Waals surface area contributed by atoms with Gasteiger partial charge in [-0.2, -0.15) is 5.26 Å². The number of rotatable bonds is 2. The summed E-state index contributed by atoms with van der Waals surface area (Å²) in [5, 5.41) is 8.31. The molecule has 1 nitrogen and oxygen atoms in total.